The molecule has 0 radical (unpaired) electrons. The van der Waals surface area contributed by atoms with Crippen molar-refractivity contribution in [1.82, 2.24) is 15.5 Å². The molecule has 29 heavy (non-hydrogen) atoms. The van der Waals surface area contributed by atoms with Crippen molar-refractivity contribution >= 4 is 22.0 Å². The summed E-state index contributed by atoms with van der Waals surface area (Å²) < 4.78 is 0. The lowest BCUT2D eigenvalue weighted by atomic mass is 9.86. The molecule has 0 aliphatic heterocycles. The molecule has 0 fully saturated rings. The molecule has 0 aliphatic carbocycles. The van der Waals surface area contributed by atoms with E-state index < -0.39 is 0 Å². The van der Waals surface area contributed by atoms with Crippen LogP contribution >= 0.6 is 0 Å². The van der Waals surface area contributed by atoms with Gasteiger partial charge in [0.05, 0.1) is 11.7 Å². The number of aromatic amines is 1. The number of aromatic nitrogens is 2. The maximum absolute atomic E-state index is 4.20. The van der Waals surface area contributed by atoms with Gasteiger partial charge in [0.15, 0.2) is 0 Å². The molecule has 0 amide bonds. The van der Waals surface area contributed by atoms with Crippen molar-refractivity contribution < 1.29 is 0 Å². The highest BCUT2D eigenvalue weighted by Crippen LogP contribution is 2.36. The van der Waals surface area contributed by atoms with E-state index >= 15 is 0 Å². The number of H-pyrrole nitrogens is 1. The summed E-state index contributed by atoms with van der Waals surface area (Å²) in [5.41, 5.74) is 10.1. The molecule has 2 N–H and O–H groups in total. The van der Waals surface area contributed by atoms with Crippen molar-refractivity contribution in [3.05, 3.63) is 101 Å². The first-order valence-electron chi connectivity index (χ1n) is 10.2. The van der Waals surface area contributed by atoms with Gasteiger partial charge in [0.1, 0.15) is 0 Å². The van der Waals surface area contributed by atoms with Crippen LogP contribution in [0.5, 0.6) is 0 Å². The number of allylic oxidation sites excluding steroid dienone is 1. The van der Waals surface area contributed by atoms with Crippen LogP contribution in [-0.2, 0) is 6.54 Å². The summed E-state index contributed by atoms with van der Waals surface area (Å²) >= 11 is 0. The third kappa shape index (κ3) is 3.87. The van der Waals surface area contributed by atoms with Gasteiger partial charge >= 0.3 is 0 Å². The molecule has 3 aromatic carbocycles. The molecular formula is C26H27N3. The average Bonchev–Trinajstić information content (AvgIpc) is 3.22. The normalized spacial score (nSPS) is 12.2. The Labute approximate surface area is 172 Å². The summed E-state index contributed by atoms with van der Waals surface area (Å²) in [6, 6.07) is 24.1. The van der Waals surface area contributed by atoms with Crippen LogP contribution in [-0.4, -0.2) is 17.2 Å². The Bertz CT molecular complexity index is 1150. The van der Waals surface area contributed by atoms with Gasteiger partial charge in [0.2, 0.25) is 0 Å². The van der Waals surface area contributed by atoms with Crippen LogP contribution < -0.4 is 5.32 Å². The number of benzene rings is 3. The highest BCUT2D eigenvalue weighted by Gasteiger charge is 2.15. The number of fused-ring (bicyclic) bond motifs is 1. The lowest BCUT2D eigenvalue weighted by Gasteiger charge is -2.18. The van der Waals surface area contributed by atoms with Gasteiger partial charge in [0.25, 0.3) is 0 Å². The van der Waals surface area contributed by atoms with Crippen LogP contribution in [0.1, 0.15) is 41.2 Å². The highest BCUT2D eigenvalue weighted by molar-refractivity contribution is 6.00. The molecule has 3 nitrogen and oxygen atoms in total. The summed E-state index contributed by atoms with van der Waals surface area (Å²) in [6.07, 6.45) is 2.85. The van der Waals surface area contributed by atoms with Gasteiger partial charge in [-0.1, -0.05) is 61.5 Å². The topological polar surface area (TPSA) is 40.7 Å². The Morgan fingerprint density at radius 2 is 1.69 bits per heavy atom. The fraction of sp³-hybridized carbons (Fsp3) is 0.192. The van der Waals surface area contributed by atoms with Crippen LogP contribution in [0.3, 0.4) is 0 Å². The zero-order valence-electron chi connectivity index (χ0n) is 17.3. The van der Waals surface area contributed by atoms with E-state index in [0.29, 0.717) is 0 Å². The summed E-state index contributed by atoms with van der Waals surface area (Å²) in [6.45, 7) is 5.31. The molecule has 4 rings (SSSR count). The van der Waals surface area contributed by atoms with E-state index in [2.05, 4.69) is 96.1 Å². The fourth-order valence-electron chi connectivity index (χ4n) is 4.02. The molecule has 1 heterocycles. The predicted octanol–water partition coefficient (Wildman–Crippen LogP) is 5.96. The van der Waals surface area contributed by atoms with Crippen LogP contribution in [0, 0.1) is 6.92 Å². The van der Waals surface area contributed by atoms with Crippen LogP contribution in [0.25, 0.3) is 22.0 Å². The van der Waals surface area contributed by atoms with Crippen LogP contribution in [0.4, 0.5) is 0 Å². The van der Waals surface area contributed by atoms with Crippen LogP contribution in [0.15, 0.2) is 72.9 Å². The fourth-order valence-corrected chi connectivity index (χ4v) is 4.02. The van der Waals surface area contributed by atoms with E-state index in [9.17, 15) is 0 Å². The van der Waals surface area contributed by atoms with Crippen molar-refractivity contribution in [2.75, 3.05) is 7.05 Å². The van der Waals surface area contributed by atoms with Gasteiger partial charge < -0.3 is 5.32 Å². The molecule has 146 valence electrons. The van der Waals surface area contributed by atoms with E-state index in [4.69, 9.17) is 0 Å². The Balaban J connectivity index is 1.96. The molecule has 0 atom stereocenters. The first-order valence-corrected chi connectivity index (χ1v) is 10.2. The molecule has 3 heteroatoms. The molecule has 0 saturated carbocycles. The monoisotopic (exact) mass is 381 g/mol. The SMILES string of the molecule is CC/C(=C(/c1ccc(CNC)c(C)c1)c1ccc2[nH]ncc2c1)c1ccccc1. The molecule has 4 aromatic rings. The molecule has 0 unspecified atom stereocenters. The van der Waals surface area contributed by atoms with Crippen molar-refractivity contribution in [1.29, 1.82) is 0 Å². The second-order valence-electron chi connectivity index (χ2n) is 7.42. The Morgan fingerprint density at radius 3 is 2.41 bits per heavy atom. The summed E-state index contributed by atoms with van der Waals surface area (Å²) in [5, 5.41) is 11.6. The third-order valence-electron chi connectivity index (χ3n) is 5.50. The lowest BCUT2D eigenvalue weighted by molar-refractivity contribution is 0.812. The average molecular weight is 382 g/mol. The first kappa shape index (κ1) is 19.2. The minimum atomic E-state index is 0.880. The quantitative estimate of drug-likeness (QED) is 0.405. The van der Waals surface area contributed by atoms with Gasteiger partial charge in [0, 0.05) is 11.9 Å². The third-order valence-corrected chi connectivity index (χ3v) is 5.50. The minimum absolute atomic E-state index is 0.880. The largest absolute Gasteiger partial charge is 0.316 e. The Kier molecular flexibility index (Phi) is 5.59. The lowest BCUT2D eigenvalue weighted by Crippen LogP contribution is -2.07. The second kappa shape index (κ2) is 8.46. The van der Waals surface area contributed by atoms with Gasteiger partial charge in [-0.25, -0.2) is 0 Å². The predicted molar refractivity (Wildman–Crippen MR) is 123 cm³/mol. The number of hydrogen-bond donors (Lipinski definition) is 2. The smallest absolute Gasteiger partial charge is 0.0650 e. The molecular weight excluding hydrogens is 354 g/mol. The first-order chi connectivity index (χ1) is 14.2. The van der Waals surface area contributed by atoms with Crippen LogP contribution in [0.2, 0.25) is 0 Å². The highest BCUT2D eigenvalue weighted by atomic mass is 15.1. The van der Waals surface area contributed by atoms with Gasteiger partial charge in [-0.05, 0) is 71.5 Å². The van der Waals surface area contributed by atoms with E-state index in [-0.39, 0.29) is 0 Å². The second-order valence-corrected chi connectivity index (χ2v) is 7.42. The molecule has 1 aromatic heterocycles. The van der Waals surface area contributed by atoms with Crippen molar-refractivity contribution in [3.63, 3.8) is 0 Å². The number of hydrogen-bond acceptors (Lipinski definition) is 2. The van der Waals surface area contributed by atoms with Crippen molar-refractivity contribution in [3.8, 4) is 0 Å². The standard InChI is InChI=1S/C26H27N3/c1-4-24(19-8-6-5-7-9-19)26(20-10-11-22(16-27-3)18(2)14-20)21-12-13-25-23(15-21)17-28-29-25/h5-15,17,27H,4,16H2,1-3H3,(H,28,29)/b26-24+. The molecule has 0 saturated heterocycles. The number of nitrogens with one attached hydrogen (secondary N) is 2. The van der Waals surface area contributed by atoms with Crippen molar-refractivity contribution in [2.45, 2.75) is 26.8 Å². The van der Waals surface area contributed by atoms with E-state index in [1.165, 1.54) is 39.0 Å². The van der Waals surface area contributed by atoms with E-state index in [1.807, 2.05) is 13.2 Å². The molecule has 0 bridgehead atoms. The number of nitrogens with zero attached hydrogens (tertiary/aromatic N) is 1. The molecule has 0 aliphatic rings. The maximum atomic E-state index is 4.20. The molecule has 0 spiro atoms. The van der Waals surface area contributed by atoms with Gasteiger partial charge in [-0.15, -0.1) is 0 Å². The zero-order chi connectivity index (χ0) is 20.2. The van der Waals surface area contributed by atoms with E-state index in [0.717, 1.165) is 23.9 Å². The van der Waals surface area contributed by atoms with Crippen molar-refractivity contribution in [2.24, 2.45) is 0 Å². The van der Waals surface area contributed by atoms with Gasteiger partial charge in [-0.2, -0.15) is 5.10 Å². The summed E-state index contributed by atoms with van der Waals surface area (Å²) in [5.74, 6) is 0. The van der Waals surface area contributed by atoms with E-state index in [1.54, 1.807) is 0 Å². The Morgan fingerprint density at radius 1 is 0.931 bits per heavy atom. The van der Waals surface area contributed by atoms with Gasteiger partial charge in [-0.3, -0.25) is 5.10 Å². The summed E-state index contributed by atoms with van der Waals surface area (Å²) in [4.78, 5) is 0. The number of rotatable bonds is 6. The zero-order valence-corrected chi connectivity index (χ0v) is 17.3. The summed E-state index contributed by atoms with van der Waals surface area (Å²) in [7, 11) is 1.99. The number of aryl methyl sites for hydroxylation is 1. The minimum Gasteiger partial charge on any atom is -0.316 e. The Hall–Kier alpha value is -3.17. The maximum Gasteiger partial charge on any atom is 0.0650 e.